The second-order valence-corrected chi connectivity index (χ2v) is 15.4. The van der Waals surface area contributed by atoms with Crippen molar-refractivity contribution in [2.75, 3.05) is 4.90 Å². The first-order valence-electron chi connectivity index (χ1n) is 17.5. The van der Waals surface area contributed by atoms with E-state index in [4.69, 9.17) is 4.42 Å². The lowest BCUT2D eigenvalue weighted by atomic mass is 9.99. The molecule has 0 atom stereocenters. The third-order valence-corrected chi connectivity index (χ3v) is 12.7. The lowest BCUT2D eigenvalue weighted by Crippen LogP contribution is -2.10. The predicted molar refractivity (Wildman–Crippen MR) is 225 cm³/mol. The van der Waals surface area contributed by atoms with Crippen LogP contribution in [0.1, 0.15) is 0 Å². The number of benzene rings is 8. The molecule has 0 bridgehead atoms. The summed E-state index contributed by atoms with van der Waals surface area (Å²) in [5, 5.41) is 7.29. The monoisotopic (exact) mass is 699 g/mol. The van der Waals surface area contributed by atoms with E-state index in [1.165, 1.54) is 68.3 Å². The molecular formula is C48H29NOS2. The number of hydrogen-bond acceptors (Lipinski definition) is 4. The third-order valence-electron chi connectivity index (χ3n) is 10.3. The molecule has 0 fully saturated rings. The summed E-state index contributed by atoms with van der Waals surface area (Å²) in [7, 11) is 0. The van der Waals surface area contributed by atoms with Crippen LogP contribution in [0.3, 0.4) is 0 Å². The van der Waals surface area contributed by atoms with Crippen molar-refractivity contribution in [3.63, 3.8) is 0 Å². The van der Waals surface area contributed by atoms with E-state index in [9.17, 15) is 0 Å². The second-order valence-electron chi connectivity index (χ2n) is 13.3. The third kappa shape index (κ3) is 4.55. The largest absolute Gasteiger partial charge is 0.455 e. The SMILES string of the molecule is c1ccc(-c2ccc(-c3ccc(N(c4cccc5c4sc4ccccc45)c4cc5c6ccccc6oc5c5sc6ccccc6c45)cc3)cc2)cc1. The van der Waals surface area contributed by atoms with Crippen LogP contribution in [0.2, 0.25) is 0 Å². The van der Waals surface area contributed by atoms with Gasteiger partial charge in [-0.2, -0.15) is 0 Å². The Labute approximate surface area is 308 Å². The fraction of sp³-hybridized carbons (Fsp3) is 0. The normalized spacial score (nSPS) is 11.8. The molecule has 0 radical (unpaired) electrons. The van der Waals surface area contributed by atoms with Gasteiger partial charge in [0.25, 0.3) is 0 Å². The lowest BCUT2D eigenvalue weighted by molar-refractivity contribution is 0.673. The van der Waals surface area contributed by atoms with Crippen LogP contribution in [-0.2, 0) is 0 Å². The summed E-state index contributed by atoms with van der Waals surface area (Å²) in [6, 6.07) is 63.6. The zero-order chi connectivity index (χ0) is 34.2. The topological polar surface area (TPSA) is 16.4 Å². The number of para-hydroxylation sites is 1. The number of thiophene rings is 2. The molecule has 3 heterocycles. The van der Waals surface area contributed by atoms with E-state index in [1.54, 1.807) is 0 Å². The lowest BCUT2D eigenvalue weighted by Gasteiger charge is -2.27. The van der Waals surface area contributed by atoms with Crippen molar-refractivity contribution in [3.05, 3.63) is 176 Å². The predicted octanol–water partition coefficient (Wildman–Crippen LogP) is 15.1. The maximum atomic E-state index is 6.65. The van der Waals surface area contributed by atoms with Gasteiger partial charge in [-0.1, -0.05) is 133 Å². The van der Waals surface area contributed by atoms with Gasteiger partial charge in [-0.05, 0) is 64.7 Å². The van der Waals surface area contributed by atoms with Crippen molar-refractivity contribution in [1.82, 2.24) is 0 Å². The van der Waals surface area contributed by atoms with E-state index in [-0.39, 0.29) is 0 Å². The molecule has 0 spiro atoms. The highest BCUT2D eigenvalue weighted by atomic mass is 32.1. The molecule has 3 aromatic heterocycles. The summed E-state index contributed by atoms with van der Waals surface area (Å²) < 4.78 is 11.6. The second kappa shape index (κ2) is 11.7. The highest BCUT2D eigenvalue weighted by Gasteiger charge is 2.25. The molecule has 0 aliphatic rings. The van der Waals surface area contributed by atoms with Crippen molar-refractivity contribution < 1.29 is 4.42 Å². The van der Waals surface area contributed by atoms with Gasteiger partial charge in [0.05, 0.1) is 20.8 Å². The molecule has 4 heteroatoms. The minimum Gasteiger partial charge on any atom is -0.455 e. The number of anilines is 3. The standard InChI is InChI=1S/C48H29NOS2/c1-2-11-30(12-3-1)31-21-23-32(24-22-31)33-25-27-34(28-26-33)49(40-17-10-16-37-36-14-5-8-19-43(36)51-47(37)40)41-29-39-35-13-4-7-18-42(35)50-46(39)48-45(41)38-15-6-9-20-44(38)52-48/h1-29H. The molecule has 0 aliphatic heterocycles. The Morgan fingerprint density at radius 1 is 0.385 bits per heavy atom. The number of hydrogen-bond donors (Lipinski definition) is 0. The molecule has 0 amide bonds. The van der Waals surface area contributed by atoms with E-state index in [0.29, 0.717) is 0 Å². The molecule has 2 nitrogen and oxygen atoms in total. The van der Waals surface area contributed by atoms with Gasteiger partial charge in [0.15, 0.2) is 5.58 Å². The maximum absolute atomic E-state index is 6.65. The summed E-state index contributed by atoms with van der Waals surface area (Å²) in [5.41, 5.74) is 10.1. The Kier molecular flexibility index (Phi) is 6.63. The van der Waals surface area contributed by atoms with E-state index in [2.05, 4.69) is 181 Å². The average molecular weight is 700 g/mol. The molecule has 0 aliphatic carbocycles. The van der Waals surface area contributed by atoms with Gasteiger partial charge in [0.1, 0.15) is 5.58 Å². The number of rotatable bonds is 5. The minimum absolute atomic E-state index is 0.911. The zero-order valence-electron chi connectivity index (χ0n) is 27.9. The number of fused-ring (bicyclic) bond motifs is 10. The zero-order valence-corrected chi connectivity index (χ0v) is 29.5. The van der Waals surface area contributed by atoms with Crippen molar-refractivity contribution in [2.24, 2.45) is 0 Å². The number of furan rings is 1. The molecule has 0 saturated heterocycles. The smallest absolute Gasteiger partial charge is 0.153 e. The Hall–Kier alpha value is -6.20. The van der Waals surface area contributed by atoms with Gasteiger partial charge >= 0.3 is 0 Å². The van der Waals surface area contributed by atoms with Crippen molar-refractivity contribution >= 4 is 102 Å². The first-order valence-corrected chi connectivity index (χ1v) is 19.1. The van der Waals surface area contributed by atoms with Gasteiger partial charge in [-0.15, -0.1) is 22.7 Å². The molecular weight excluding hydrogens is 671 g/mol. The van der Waals surface area contributed by atoms with E-state index >= 15 is 0 Å². The first-order chi connectivity index (χ1) is 25.8. The van der Waals surface area contributed by atoms with Crippen LogP contribution < -0.4 is 4.90 Å². The van der Waals surface area contributed by atoms with E-state index in [1.807, 2.05) is 22.7 Å². The van der Waals surface area contributed by atoms with Crippen LogP contribution in [0, 0.1) is 0 Å². The number of nitrogens with zero attached hydrogens (tertiary/aromatic N) is 1. The minimum atomic E-state index is 0.911. The van der Waals surface area contributed by atoms with Gasteiger partial charge in [-0.3, -0.25) is 0 Å². The summed E-state index contributed by atoms with van der Waals surface area (Å²) in [6.45, 7) is 0. The van der Waals surface area contributed by atoms with Crippen LogP contribution in [0.4, 0.5) is 17.1 Å². The molecule has 0 unspecified atom stereocenters. The van der Waals surface area contributed by atoms with Crippen molar-refractivity contribution in [3.8, 4) is 22.3 Å². The summed E-state index contributed by atoms with van der Waals surface area (Å²) in [5.74, 6) is 0. The van der Waals surface area contributed by atoms with Gasteiger partial charge in [-0.25, -0.2) is 0 Å². The molecule has 244 valence electrons. The Morgan fingerprint density at radius 2 is 0.942 bits per heavy atom. The molecule has 0 saturated carbocycles. The van der Waals surface area contributed by atoms with Crippen LogP contribution in [-0.4, -0.2) is 0 Å². The molecule has 0 N–H and O–H groups in total. The van der Waals surface area contributed by atoms with Crippen molar-refractivity contribution in [2.45, 2.75) is 0 Å². The summed E-state index contributed by atoms with van der Waals surface area (Å²) in [4.78, 5) is 2.49. The Morgan fingerprint density at radius 3 is 1.69 bits per heavy atom. The fourth-order valence-corrected chi connectivity index (χ4v) is 10.2. The van der Waals surface area contributed by atoms with Crippen LogP contribution in [0.15, 0.2) is 180 Å². The molecule has 11 aromatic rings. The molecule has 8 aromatic carbocycles. The first kappa shape index (κ1) is 29.5. The van der Waals surface area contributed by atoms with Crippen LogP contribution in [0.25, 0.3) is 84.5 Å². The molecule has 52 heavy (non-hydrogen) atoms. The maximum Gasteiger partial charge on any atom is 0.153 e. The Balaban J connectivity index is 1.17. The van der Waals surface area contributed by atoms with Gasteiger partial charge < -0.3 is 9.32 Å². The quantitative estimate of drug-likeness (QED) is 0.178. The summed E-state index contributed by atoms with van der Waals surface area (Å²) >= 11 is 3.68. The van der Waals surface area contributed by atoms with Crippen LogP contribution in [0.5, 0.6) is 0 Å². The van der Waals surface area contributed by atoms with Crippen molar-refractivity contribution in [1.29, 1.82) is 0 Å². The highest BCUT2D eigenvalue weighted by Crippen LogP contribution is 2.52. The van der Waals surface area contributed by atoms with Gasteiger partial charge in [0.2, 0.25) is 0 Å². The average Bonchev–Trinajstić information content (AvgIpc) is 3.91. The van der Waals surface area contributed by atoms with E-state index < -0.39 is 0 Å². The fourth-order valence-electron chi connectivity index (χ4n) is 7.83. The van der Waals surface area contributed by atoms with Gasteiger partial charge in [0, 0.05) is 47.4 Å². The Bertz CT molecular complexity index is 3110. The van der Waals surface area contributed by atoms with Crippen LogP contribution >= 0.6 is 22.7 Å². The highest BCUT2D eigenvalue weighted by molar-refractivity contribution is 7.27. The van der Waals surface area contributed by atoms with E-state index in [0.717, 1.165) is 33.3 Å². The molecule has 11 rings (SSSR count). The summed E-state index contributed by atoms with van der Waals surface area (Å²) in [6.07, 6.45) is 0.